The maximum absolute atomic E-state index is 13.6. The van der Waals surface area contributed by atoms with Gasteiger partial charge >= 0.3 is 0 Å². The topological polar surface area (TPSA) is 48.5 Å². The molecule has 0 bridgehead atoms. The molecule has 1 aliphatic carbocycles. The molecular formula is C25H26Cl3N3O. The fraction of sp³-hybridized carbons (Fsp3) is 0.360. The van der Waals surface area contributed by atoms with Gasteiger partial charge in [0, 0.05) is 44.1 Å². The molecule has 7 heteroatoms. The van der Waals surface area contributed by atoms with Crippen LogP contribution in [0.4, 0.5) is 0 Å². The summed E-state index contributed by atoms with van der Waals surface area (Å²) >= 11 is 18.9. The molecule has 0 amide bonds. The molecule has 0 saturated heterocycles. The van der Waals surface area contributed by atoms with Crippen molar-refractivity contribution in [2.45, 2.75) is 25.7 Å². The lowest BCUT2D eigenvalue weighted by atomic mass is 9.73. The predicted octanol–water partition coefficient (Wildman–Crippen LogP) is 6.21. The van der Waals surface area contributed by atoms with Crippen molar-refractivity contribution < 1.29 is 0 Å². The molecule has 1 N–H and O–H groups in total. The van der Waals surface area contributed by atoms with Crippen molar-refractivity contribution in [3.63, 3.8) is 0 Å². The third-order valence-corrected chi connectivity index (χ3v) is 6.96. The van der Waals surface area contributed by atoms with Crippen LogP contribution in [0.2, 0.25) is 15.1 Å². The highest BCUT2D eigenvalue weighted by Crippen LogP contribution is 2.40. The number of H-pyrrole nitrogens is 1. The number of aromatic amines is 1. The number of rotatable bonds is 5. The maximum atomic E-state index is 13.6. The van der Waals surface area contributed by atoms with Crippen molar-refractivity contribution in [2.75, 3.05) is 27.2 Å². The molecular weight excluding hydrogens is 465 g/mol. The number of nitrogens with zero attached hydrogens (tertiary/aromatic N) is 2. The van der Waals surface area contributed by atoms with Crippen LogP contribution in [0.5, 0.6) is 0 Å². The number of hydrogen-bond donors (Lipinski definition) is 1. The number of nitrogens with one attached hydrogen (secondary N) is 1. The Morgan fingerprint density at radius 1 is 1.09 bits per heavy atom. The highest BCUT2D eigenvalue weighted by molar-refractivity contribution is 6.35. The second kappa shape index (κ2) is 9.56. The first-order valence-electron chi connectivity index (χ1n) is 10.7. The summed E-state index contributed by atoms with van der Waals surface area (Å²) in [5.41, 5.74) is 4.19. The number of hydrogen-bond acceptors (Lipinski definition) is 3. The number of fused-ring (bicyclic) bond motifs is 2. The van der Waals surface area contributed by atoms with E-state index in [4.69, 9.17) is 39.8 Å². The molecule has 0 saturated carbocycles. The Balaban J connectivity index is 1.86. The van der Waals surface area contributed by atoms with Gasteiger partial charge in [0.1, 0.15) is 0 Å². The molecule has 1 aromatic heterocycles. The lowest BCUT2D eigenvalue weighted by molar-refractivity contribution is 0.403. The zero-order chi connectivity index (χ0) is 23.0. The molecule has 2 unspecified atom stereocenters. The molecule has 1 aliphatic rings. The lowest BCUT2D eigenvalue weighted by Gasteiger charge is -2.33. The molecule has 0 aliphatic heterocycles. The lowest BCUT2D eigenvalue weighted by Crippen LogP contribution is -2.35. The average Bonchev–Trinajstić information content (AvgIpc) is 2.73. The highest BCUT2D eigenvalue weighted by Gasteiger charge is 2.35. The summed E-state index contributed by atoms with van der Waals surface area (Å²) in [7, 11) is 4.09. The van der Waals surface area contributed by atoms with Gasteiger partial charge in [-0.25, -0.2) is 0 Å². The van der Waals surface area contributed by atoms with Crippen LogP contribution >= 0.6 is 34.8 Å². The second-order valence-electron chi connectivity index (χ2n) is 8.69. The van der Waals surface area contributed by atoms with E-state index in [1.165, 1.54) is 0 Å². The van der Waals surface area contributed by atoms with Gasteiger partial charge in [-0.15, -0.1) is 0 Å². The minimum atomic E-state index is -0.0184. The van der Waals surface area contributed by atoms with Gasteiger partial charge in [-0.2, -0.15) is 0 Å². The molecule has 4 nitrogen and oxygen atoms in total. The van der Waals surface area contributed by atoms with Crippen LogP contribution < -0.4 is 5.43 Å². The summed E-state index contributed by atoms with van der Waals surface area (Å²) in [6.45, 7) is 3.73. The summed E-state index contributed by atoms with van der Waals surface area (Å²) in [6.07, 6.45) is 1.59. The fourth-order valence-electron chi connectivity index (χ4n) is 4.54. The van der Waals surface area contributed by atoms with Gasteiger partial charge in [-0.3, -0.25) is 9.79 Å². The molecule has 1 heterocycles. The first-order chi connectivity index (χ1) is 15.3. The Morgan fingerprint density at radius 2 is 1.81 bits per heavy atom. The maximum Gasteiger partial charge on any atom is 0.198 e. The number of aromatic nitrogens is 1. The molecule has 0 spiro atoms. The first-order valence-corrected chi connectivity index (χ1v) is 11.9. The predicted molar refractivity (Wildman–Crippen MR) is 136 cm³/mol. The van der Waals surface area contributed by atoms with Crippen molar-refractivity contribution in [3.8, 4) is 0 Å². The average molecular weight is 491 g/mol. The van der Waals surface area contributed by atoms with Crippen LogP contribution in [0.3, 0.4) is 0 Å². The zero-order valence-corrected chi connectivity index (χ0v) is 20.7. The minimum absolute atomic E-state index is 0.0184. The van der Waals surface area contributed by atoms with E-state index in [2.05, 4.69) is 16.8 Å². The standard InChI is InChI=1S/C25H26Cl3N3O/c1-14-18(17-7-5-16(27)12-20(17)28)13-22-23(24(14)29-9-4-10-31(2)3)25(32)19-11-15(26)6-8-21(19)30-22/h5-8,11-12,14,18H,4,9-10,13H2,1-3H3,(H,30,32). The molecule has 4 rings (SSSR count). The number of benzene rings is 2. The molecule has 168 valence electrons. The van der Waals surface area contributed by atoms with Crippen LogP contribution in [0, 0.1) is 5.92 Å². The number of pyridine rings is 1. The van der Waals surface area contributed by atoms with E-state index in [9.17, 15) is 4.79 Å². The van der Waals surface area contributed by atoms with Gasteiger partial charge in [0.25, 0.3) is 0 Å². The van der Waals surface area contributed by atoms with Crippen LogP contribution in [0.1, 0.15) is 36.1 Å². The summed E-state index contributed by atoms with van der Waals surface area (Å²) in [5.74, 6) is 0.110. The van der Waals surface area contributed by atoms with E-state index in [-0.39, 0.29) is 17.3 Å². The normalized spacial score (nSPS) is 19.7. The number of aliphatic imine (C=N–C) groups is 1. The van der Waals surface area contributed by atoms with Crippen LogP contribution in [-0.2, 0) is 6.42 Å². The highest BCUT2D eigenvalue weighted by atomic mass is 35.5. The SMILES string of the molecule is CC1C(=NCCCN(C)C)c2c([nH]c3ccc(Cl)cc3c2=O)CC1c1ccc(Cl)cc1Cl. The largest absolute Gasteiger partial charge is 0.358 e. The van der Waals surface area contributed by atoms with E-state index in [1.807, 2.05) is 32.3 Å². The monoisotopic (exact) mass is 489 g/mol. The van der Waals surface area contributed by atoms with Crippen LogP contribution in [0.15, 0.2) is 46.2 Å². The van der Waals surface area contributed by atoms with E-state index in [0.717, 1.165) is 35.5 Å². The van der Waals surface area contributed by atoms with Crippen molar-refractivity contribution in [1.29, 1.82) is 0 Å². The van der Waals surface area contributed by atoms with Crippen molar-refractivity contribution >= 4 is 51.4 Å². The summed E-state index contributed by atoms with van der Waals surface area (Å²) in [6, 6.07) is 11.0. The fourth-order valence-corrected chi connectivity index (χ4v) is 5.26. The minimum Gasteiger partial charge on any atom is -0.358 e. The summed E-state index contributed by atoms with van der Waals surface area (Å²) < 4.78 is 0. The van der Waals surface area contributed by atoms with E-state index in [1.54, 1.807) is 18.2 Å². The molecule has 2 aromatic carbocycles. The summed E-state index contributed by atoms with van der Waals surface area (Å²) in [4.78, 5) is 24.1. The van der Waals surface area contributed by atoms with E-state index >= 15 is 0 Å². The molecule has 2 atom stereocenters. The van der Waals surface area contributed by atoms with Gasteiger partial charge in [0.05, 0.1) is 11.3 Å². The van der Waals surface area contributed by atoms with Crippen molar-refractivity contribution in [2.24, 2.45) is 10.9 Å². The number of halogens is 3. The Morgan fingerprint density at radius 3 is 2.53 bits per heavy atom. The Kier molecular flexibility index (Phi) is 6.97. The molecule has 3 aromatic rings. The smallest absolute Gasteiger partial charge is 0.198 e. The third-order valence-electron chi connectivity index (χ3n) is 6.16. The zero-order valence-electron chi connectivity index (χ0n) is 18.4. The van der Waals surface area contributed by atoms with Gasteiger partial charge < -0.3 is 9.88 Å². The summed E-state index contributed by atoms with van der Waals surface area (Å²) in [5, 5.41) is 2.38. The van der Waals surface area contributed by atoms with Crippen molar-refractivity contribution in [3.05, 3.63) is 78.5 Å². The van der Waals surface area contributed by atoms with Gasteiger partial charge in [0.2, 0.25) is 0 Å². The van der Waals surface area contributed by atoms with Crippen LogP contribution in [0.25, 0.3) is 10.9 Å². The van der Waals surface area contributed by atoms with Crippen LogP contribution in [-0.4, -0.2) is 42.8 Å². The van der Waals surface area contributed by atoms with Gasteiger partial charge in [0.15, 0.2) is 5.43 Å². The quantitative estimate of drug-likeness (QED) is 0.433. The van der Waals surface area contributed by atoms with E-state index in [0.29, 0.717) is 39.0 Å². The van der Waals surface area contributed by atoms with Gasteiger partial charge in [-0.05, 0) is 75.3 Å². The Bertz CT molecular complexity index is 1250. The van der Waals surface area contributed by atoms with E-state index < -0.39 is 0 Å². The Labute approximate surface area is 203 Å². The molecule has 0 radical (unpaired) electrons. The van der Waals surface area contributed by atoms with Crippen molar-refractivity contribution in [1.82, 2.24) is 9.88 Å². The molecule has 0 fully saturated rings. The van der Waals surface area contributed by atoms with Gasteiger partial charge in [-0.1, -0.05) is 47.8 Å². The third kappa shape index (κ3) is 4.60. The Hall–Kier alpha value is -1.85. The second-order valence-corrected chi connectivity index (χ2v) is 9.97. The molecule has 32 heavy (non-hydrogen) atoms. The first kappa shape index (κ1) is 23.3.